The number of amides is 1. The van der Waals surface area contributed by atoms with Crippen LogP contribution in [0.25, 0.3) is 0 Å². The predicted octanol–water partition coefficient (Wildman–Crippen LogP) is 2.91. The Morgan fingerprint density at radius 1 is 1.23 bits per heavy atom. The minimum atomic E-state index is -4.41. The average molecular weight is 370 g/mol. The standard InChI is InChI=1S/C18H25F3N4O/c1-4-5-6-13-25(3)17(22-2)24-12-11-23-16(26)14-7-9-15(10-8-14)18(19,20)21/h4,7-10H,1,5-6,11-13H2,2-3H3,(H,22,24)(H,23,26). The van der Waals surface area contributed by atoms with Gasteiger partial charge in [-0.05, 0) is 37.1 Å². The van der Waals surface area contributed by atoms with Crippen molar-refractivity contribution in [2.45, 2.75) is 19.0 Å². The van der Waals surface area contributed by atoms with Gasteiger partial charge >= 0.3 is 6.18 Å². The van der Waals surface area contributed by atoms with E-state index in [2.05, 4.69) is 22.2 Å². The molecule has 0 fully saturated rings. The summed E-state index contributed by atoms with van der Waals surface area (Å²) in [6.07, 6.45) is -0.663. The van der Waals surface area contributed by atoms with Crippen LogP contribution in [0.2, 0.25) is 0 Å². The Morgan fingerprint density at radius 2 is 1.85 bits per heavy atom. The van der Waals surface area contributed by atoms with Gasteiger partial charge in [0, 0.05) is 39.3 Å². The molecule has 0 aliphatic carbocycles. The molecule has 1 amide bonds. The molecule has 0 radical (unpaired) electrons. The number of unbranched alkanes of at least 4 members (excludes halogenated alkanes) is 1. The molecule has 0 saturated heterocycles. The van der Waals surface area contributed by atoms with Crippen molar-refractivity contribution in [2.24, 2.45) is 4.99 Å². The Balaban J connectivity index is 2.40. The van der Waals surface area contributed by atoms with Gasteiger partial charge in [0.05, 0.1) is 5.56 Å². The normalized spacial score (nSPS) is 11.8. The van der Waals surface area contributed by atoms with Gasteiger partial charge in [-0.25, -0.2) is 0 Å². The van der Waals surface area contributed by atoms with Crippen LogP contribution >= 0.6 is 0 Å². The second-order valence-corrected chi connectivity index (χ2v) is 5.66. The molecule has 0 atom stereocenters. The Bertz CT molecular complexity index is 612. The summed E-state index contributed by atoms with van der Waals surface area (Å²) >= 11 is 0. The summed E-state index contributed by atoms with van der Waals surface area (Å²) in [5, 5.41) is 5.78. The highest BCUT2D eigenvalue weighted by atomic mass is 19.4. The first kappa shape index (κ1) is 21.5. The molecular formula is C18H25F3N4O. The summed E-state index contributed by atoms with van der Waals surface area (Å²) in [6, 6.07) is 4.12. The fraction of sp³-hybridized carbons (Fsp3) is 0.444. The number of aliphatic imine (C=N–C) groups is 1. The van der Waals surface area contributed by atoms with Crippen LogP contribution in [0.4, 0.5) is 13.2 Å². The van der Waals surface area contributed by atoms with Crippen LogP contribution in [0.15, 0.2) is 41.9 Å². The molecule has 0 heterocycles. The van der Waals surface area contributed by atoms with Gasteiger partial charge in [-0.1, -0.05) is 6.08 Å². The lowest BCUT2D eigenvalue weighted by Crippen LogP contribution is -2.42. The third-order valence-electron chi connectivity index (χ3n) is 3.64. The molecular weight excluding hydrogens is 345 g/mol. The second-order valence-electron chi connectivity index (χ2n) is 5.66. The number of allylic oxidation sites excluding steroid dienone is 1. The van der Waals surface area contributed by atoms with Crippen LogP contribution in [0.3, 0.4) is 0 Å². The molecule has 0 aliphatic heterocycles. The zero-order valence-electron chi connectivity index (χ0n) is 15.1. The molecule has 0 saturated carbocycles. The van der Waals surface area contributed by atoms with Crippen molar-refractivity contribution in [2.75, 3.05) is 33.7 Å². The number of hydrogen-bond acceptors (Lipinski definition) is 2. The Hall–Kier alpha value is -2.51. The molecule has 5 nitrogen and oxygen atoms in total. The van der Waals surface area contributed by atoms with Crippen molar-refractivity contribution in [3.8, 4) is 0 Å². The van der Waals surface area contributed by atoms with Gasteiger partial charge in [-0.3, -0.25) is 9.79 Å². The van der Waals surface area contributed by atoms with Gasteiger partial charge in [-0.15, -0.1) is 6.58 Å². The van der Waals surface area contributed by atoms with Crippen LogP contribution in [0.1, 0.15) is 28.8 Å². The van der Waals surface area contributed by atoms with Gasteiger partial charge in [0.25, 0.3) is 5.91 Å². The highest BCUT2D eigenvalue weighted by Crippen LogP contribution is 2.28. The van der Waals surface area contributed by atoms with E-state index in [1.165, 1.54) is 0 Å². The van der Waals surface area contributed by atoms with Crippen molar-refractivity contribution in [1.29, 1.82) is 0 Å². The molecule has 2 N–H and O–H groups in total. The van der Waals surface area contributed by atoms with E-state index in [1.54, 1.807) is 7.05 Å². The van der Waals surface area contributed by atoms with Crippen molar-refractivity contribution >= 4 is 11.9 Å². The zero-order chi connectivity index (χ0) is 19.6. The molecule has 0 bridgehead atoms. The molecule has 8 heteroatoms. The maximum atomic E-state index is 12.5. The van der Waals surface area contributed by atoms with Crippen molar-refractivity contribution in [1.82, 2.24) is 15.5 Å². The number of nitrogens with zero attached hydrogens (tertiary/aromatic N) is 2. The molecule has 144 valence electrons. The molecule has 0 unspecified atom stereocenters. The number of rotatable bonds is 8. The maximum Gasteiger partial charge on any atom is 0.416 e. The second kappa shape index (κ2) is 10.5. The summed E-state index contributed by atoms with van der Waals surface area (Å²) in [7, 11) is 3.59. The fourth-order valence-electron chi connectivity index (χ4n) is 2.23. The van der Waals surface area contributed by atoms with E-state index >= 15 is 0 Å². The zero-order valence-corrected chi connectivity index (χ0v) is 15.1. The minimum Gasteiger partial charge on any atom is -0.354 e. The molecule has 26 heavy (non-hydrogen) atoms. The van der Waals surface area contributed by atoms with Crippen LogP contribution in [-0.2, 0) is 6.18 Å². The molecule has 0 spiro atoms. The number of guanidine groups is 1. The number of benzene rings is 1. The molecule has 1 aromatic rings. The third kappa shape index (κ3) is 7.16. The number of carbonyl (C=O) groups excluding carboxylic acids is 1. The first-order chi connectivity index (χ1) is 12.3. The third-order valence-corrected chi connectivity index (χ3v) is 3.64. The summed E-state index contributed by atoms with van der Waals surface area (Å²) in [6.45, 7) is 5.27. The number of halogens is 3. The van der Waals surface area contributed by atoms with E-state index in [0.717, 1.165) is 43.7 Å². The Kier molecular flexibility index (Phi) is 8.67. The fourth-order valence-corrected chi connectivity index (χ4v) is 2.23. The number of alkyl halides is 3. The summed E-state index contributed by atoms with van der Waals surface area (Å²) < 4.78 is 37.5. The van der Waals surface area contributed by atoms with Crippen LogP contribution in [0.5, 0.6) is 0 Å². The topological polar surface area (TPSA) is 56.7 Å². The smallest absolute Gasteiger partial charge is 0.354 e. The van der Waals surface area contributed by atoms with Crippen LogP contribution in [-0.4, -0.2) is 50.5 Å². The van der Waals surface area contributed by atoms with E-state index in [4.69, 9.17) is 0 Å². The van der Waals surface area contributed by atoms with Crippen molar-refractivity contribution in [3.05, 3.63) is 48.0 Å². The van der Waals surface area contributed by atoms with Crippen molar-refractivity contribution in [3.63, 3.8) is 0 Å². The first-order valence-corrected chi connectivity index (χ1v) is 8.27. The quantitative estimate of drug-likeness (QED) is 0.320. The monoisotopic (exact) mass is 370 g/mol. The molecule has 0 aromatic heterocycles. The Labute approximate surface area is 152 Å². The SMILES string of the molecule is C=CCCCN(C)C(=NC)NCCNC(=O)c1ccc(C(F)(F)F)cc1. The van der Waals surface area contributed by atoms with Gasteiger partial charge in [-0.2, -0.15) is 13.2 Å². The van der Waals surface area contributed by atoms with Gasteiger partial charge in [0.1, 0.15) is 0 Å². The Morgan fingerprint density at radius 3 is 2.38 bits per heavy atom. The van der Waals surface area contributed by atoms with Gasteiger partial charge < -0.3 is 15.5 Å². The lowest BCUT2D eigenvalue weighted by Gasteiger charge is -2.21. The van der Waals surface area contributed by atoms with Crippen LogP contribution in [0, 0.1) is 0 Å². The number of carbonyl (C=O) groups is 1. The van der Waals surface area contributed by atoms with E-state index in [9.17, 15) is 18.0 Å². The maximum absolute atomic E-state index is 12.5. The van der Waals surface area contributed by atoms with Crippen LogP contribution < -0.4 is 10.6 Å². The highest BCUT2D eigenvalue weighted by molar-refractivity contribution is 5.94. The number of hydrogen-bond donors (Lipinski definition) is 2. The lowest BCUT2D eigenvalue weighted by molar-refractivity contribution is -0.137. The largest absolute Gasteiger partial charge is 0.416 e. The first-order valence-electron chi connectivity index (χ1n) is 8.27. The highest BCUT2D eigenvalue weighted by Gasteiger charge is 2.30. The van der Waals surface area contributed by atoms with E-state index < -0.39 is 17.6 Å². The average Bonchev–Trinajstić information content (AvgIpc) is 2.61. The van der Waals surface area contributed by atoms with E-state index in [1.807, 2.05) is 18.0 Å². The predicted molar refractivity (Wildman–Crippen MR) is 97.2 cm³/mol. The minimum absolute atomic E-state index is 0.184. The van der Waals surface area contributed by atoms with Gasteiger partial charge in [0.15, 0.2) is 5.96 Å². The van der Waals surface area contributed by atoms with Gasteiger partial charge in [0.2, 0.25) is 0 Å². The molecule has 0 aliphatic rings. The summed E-state index contributed by atoms with van der Waals surface area (Å²) in [5.41, 5.74) is -0.595. The summed E-state index contributed by atoms with van der Waals surface area (Å²) in [5.74, 6) is 0.285. The summed E-state index contributed by atoms with van der Waals surface area (Å²) in [4.78, 5) is 18.1. The molecule has 1 rings (SSSR count). The number of nitrogens with one attached hydrogen (secondary N) is 2. The van der Waals surface area contributed by atoms with E-state index in [-0.39, 0.29) is 5.56 Å². The van der Waals surface area contributed by atoms with Crippen molar-refractivity contribution < 1.29 is 18.0 Å². The van der Waals surface area contributed by atoms with E-state index in [0.29, 0.717) is 19.0 Å². The lowest BCUT2D eigenvalue weighted by atomic mass is 10.1. The molecule has 1 aromatic carbocycles.